The third-order valence-electron chi connectivity index (χ3n) is 4.46. The summed E-state index contributed by atoms with van der Waals surface area (Å²) in [7, 11) is -2.95. The lowest BCUT2D eigenvalue weighted by Gasteiger charge is -2.40. The van der Waals surface area contributed by atoms with Crippen LogP contribution in [0.15, 0.2) is 12.7 Å². The molecule has 0 spiro atoms. The molecule has 0 rings (SSSR count). The van der Waals surface area contributed by atoms with E-state index in [0.717, 1.165) is 19.3 Å². The van der Waals surface area contributed by atoms with E-state index in [2.05, 4.69) is 78.5 Å². The summed E-state index contributed by atoms with van der Waals surface area (Å²) in [5.41, 5.74) is 3.45. The minimum absolute atomic E-state index is 0.254. The fourth-order valence-corrected chi connectivity index (χ4v) is 3.95. The Labute approximate surface area is 142 Å². The van der Waals surface area contributed by atoms with Crippen LogP contribution in [0.5, 0.6) is 0 Å². The fourth-order valence-electron chi connectivity index (χ4n) is 1.86. The SMILES string of the molecule is C=C[C@H](C)[C@@H](CCCC#C[Si](C)(C)C)O[Si](C)(C)C(C)(C)C. The van der Waals surface area contributed by atoms with Gasteiger partial charge in [0.05, 0.1) is 6.10 Å². The highest BCUT2D eigenvalue weighted by Crippen LogP contribution is 2.38. The number of unbranched alkanes of at least 4 members (excludes halogenated alkanes) is 1. The molecule has 0 heterocycles. The van der Waals surface area contributed by atoms with Crippen LogP contribution in [0.2, 0.25) is 37.8 Å². The van der Waals surface area contributed by atoms with E-state index in [-0.39, 0.29) is 11.1 Å². The second-order valence-electron chi connectivity index (χ2n) is 8.96. The van der Waals surface area contributed by atoms with E-state index in [9.17, 15) is 0 Å². The molecule has 128 valence electrons. The maximum atomic E-state index is 6.63. The Morgan fingerprint density at radius 1 is 1.14 bits per heavy atom. The molecule has 0 aliphatic rings. The minimum atomic E-state index is -1.72. The van der Waals surface area contributed by atoms with Gasteiger partial charge in [0, 0.05) is 6.42 Å². The van der Waals surface area contributed by atoms with Crippen molar-refractivity contribution in [1.82, 2.24) is 0 Å². The molecule has 0 radical (unpaired) electrons. The normalized spacial score (nSPS) is 15.7. The van der Waals surface area contributed by atoms with Crippen LogP contribution < -0.4 is 0 Å². The molecule has 0 saturated carbocycles. The van der Waals surface area contributed by atoms with Crippen molar-refractivity contribution in [2.24, 2.45) is 5.92 Å². The van der Waals surface area contributed by atoms with Crippen LogP contribution >= 0.6 is 0 Å². The summed E-state index contributed by atoms with van der Waals surface area (Å²) >= 11 is 0. The lowest BCUT2D eigenvalue weighted by Crippen LogP contribution is -2.45. The van der Waals surface area contributed by atoms with Gasteiger partial charge in [-0.25, -0.2) is 0 Å². The molecule has 0 aromatic rings. The van der Waals surface area contributed by atoms with E-state index in [1.807, 2.05) is 6.08 Å². The zero-order valence-electron chi connectivity index (χ0n) is 16.5. The van der Waals surface area contributed by atoms with Crippen molar-refractivity contribution < 1.29 is 4.43 Å². The van der Waals surface area contributed by atoms with Gasteiger partial charge < -0.3 is 4.43 Å². The highest BCUT2D eigenvalue weighted by Gasteiger charge is 2.39. The molecular formula is C19H38OSi2. The summed E-state index contributed by atoms with van der Waals surface area (Å²) in [6, 6.07) is 0. The average molecular weight is 339 g/mol. The quantitative estimate of drug-likeness (QED) is 0.231. The maximum absolute atomic E-state index is 6.63. The molecule has 1 nitrogen and oxygen atoms in total. The molecular weight excluding hydrogens is 300 g/mol. The molecule has 3 heteroatoms. The van der Waals surface area contributed by atoms with Crippen molar-refractivity contribution >= 4 is 16.4 Å². The van der Waals surface area contributed by atoms with E-state index in [0.29, 0.717) is 5.92 Å². The molecule has 0 saturated heterocycles. The van der Waals surface area contributed by atoms with Crippen molar-refractivity contribution in [1.29, 1.82) is 0 Å². The first-order chi connectivity index (χ1) is 9.80. The Hall–Kier alpha value is -0.306. The van der Waals surface area contributed by atoms with Crippen LogP contribution in [-0.4, -0.2) is 22.5 Å². The molecule has 0 aromatic heterocycles. The van der Waals surface area contributed by atoms with Gasteiger partial charge in [-0.1, -0.05) is 53.4 Å². The van der Waals surface area contributed by atoms with Crippen LogP contribution in [0.25, 0.3) is 0 Å². The van der Waals surface area contributed by atoms with Crippen molar-refractivity contribution in [3.8, 4) is 11.5 Å². The van der Waals surface area contributed by atoms with E-state index in [1.54, 1.807) is 0 Å². The van der Waals surface area contributed by atoms with E-state index >= 15 is 0 Å². The molecule has 2 atom stereocenters. The van der Waals surface area contributed by atoms with Gasteiger partial charge in [0.2, 0.25) is 0 Å². The molecule has 0 N–H and O–H groups in total. The first-order valence-electron chi connectivity index (χ1n) is 8.60. The summed E-state index contributed by atoms with van der Waals surface area (Å²) in [5.74, 6) is 3.77. The van der Waals surface area contributed by atoms with Crippen LogP contribution in [-0.2, 0) is 4.43 Å². The van der Waals surface area contributed by atoms with Crippen molar-refractivity contribution in [2.75, 3.05) is 0 Å². The third-order valence-corrected chi connectivity index (χ3v) is 9.90. The van der Waals surface area contributed by atoms with Crippen LogP contribution in [0.3, 0.4) is 0 Å². The Balaban J connectivity index is 4.68. The van der Waals surface area contributed by atoms with Gasteiger partial charge in [0.1, 0.15) is 8.07 Å². The second-order valence-corrected chi connectivity index (χ2v) is 18.5. The molecule has 0 fully saturated rings. The van der Waals surface area contributed by atoms with Gasteiger partial charge in [0.25, 0.3) is 0 Å². The summed E-state index contributed by atoms with van der Waals surface area (Å²) in [5, 5.41) is 0.254. The summed E-state index contributed by atoms with van der Waals surface area (Å²) < 4.78 is 6.63. The van der Waals surface area contributed by atoms with Gasteiger partial charge in [-0.05, 0) is 36.9 Å². The first kappa shape index (κ1) is 21.7. The van der Waals surface area contributed by atoms with Crippen LogP contribution in [0.1, 0.15) is 47.0 Å². The van der Waals surface area contributed by atoms with Crippen molar-refractivity contribution in [3.05, 3.63) is 12.7 Å². The van der Waals surface area contributed by atoms with E-state index < -0.39 is 16.4 Å². The largest absolute Gasteiger partial charge is 0.413 e. The molecule has 0 amide bonds. The number of rotatable bonds is 7. The summed E-state index contributed by atoms with van der Waals surface area (Å²) in [4.78, 5) is 0. The predicted octanol–water partition coefficient (Wildman–Crippen LogP) is 6.25. The topological polar surface area (TPSA) is 9.23 Å². The Bertz CT molecular complexity index is 402. The van der Waals surface area contributed by atoms with Gasteiger partial charge >= 0.3 is 0 Å². The lowest BCUT2D eigenvalue weighted by molar-refractivity contribution is 0.134. The average Bonchev–Trinajstić information content (AvgIpc) is 2.33. The minimum Gasteiger partial charge on any atom is -0.413 e. The highest BCUT2D eigenvalue weighted by molar-refractivity contribution is 6.83. The van der Waals surface area contributed by atoms with Crippen LogP contribution in [0.4, 0.5) is 0 Å². The molecule has 0 aromatic carbocycles. The van der Waals surface area contributed by atoms with Gasteiger partial charge in [-0.3, -0.25) is 0 Å². The second kappa shape index (κ2) is 8.52. The molecule has 22 heavy (non-hydrogen) atoms. The summed E-state index contributed by atoms with van der Waals surface area (Å²) in [6.45, 7) is 24.6. The zero-order chi connectivity index (χ0) is 17.6. The number of hydrogen-bond acceptors (Lipinski definition) is 1. The Morgan fingerprint density at radius 3 is 2.09 bits per heavy atom. The van der Waals surface area contributed by atoms with Crippen LogP contribution in [0, 0.1) is 17.4 Å². The zero-order valence-corrected chi connectivity index (χ0v) is 18.5. The maximum Gasteiger partial charge on any atom is 0.192 e. The van der Waals surface area contributed by atoms with Crippen molar-refractivity contribution in [2.45, 2.75) is 90.8 Å². The standard InChI is InChI=1S/C19H38OSi2/c1-11-17(2)18(20-22(9,10)19(3,4)5)15-13-12-14-16-21(6,7)8/h11,17-18H,1,12-13,15H2,2-10H3/t17-,18+/m0/s1. The van der Waals surface area contributed by atoms with Gasteiger partial charge in [-0.15, -0.1) is 18.0 Å². The highest BCUT2D eigenvalue weighted by atomic mass is 28.4. The first-order valence-corrected chi connectivity index (χ1v) is 15.0. The fraction of sp³-hybridized carbons (Fsp3) is 0.789. The molecule has 0 aliphatic heterocycles. The van der Waals surface area contributed by atoms with E-state index in [1.165, 1.54) is 0 Å². The lowest BCUT2D eigenvalue weighted by atomic mass is 10.00. The smallest absolute Gasteiger partial charge is 0.192 e. The molecule has 0 aliphatic carbocycles. The molecule has 0 unspecified atom stereocenters. The third kappa shape index (κ3) is 8.36. The van der Waals surface area contributed by atoms with Crippen molar-refractivity contribution in [3.63, 3.8) is 0 Å². The van der Waals surface area contributed by atoms with Gasteiger partial charge in [-0.2, -0.15) is 0 Å². The molecule has 0 bridgehead atoms. The Morgan fingerprint density at radius 2 is 1.68 bits per heavy atom. The van der Waals surface area contributed by atoms with Gasteiger partial charge in [0.15, 0.2) is 8.32 Å². The monoisotopic (exact) mass is 338 g/mol. The number of hydrogen-bond donors (Lipinski definition) is 0. The summed E-state index contributed by atoms with van der Waals surface area (Å²) in [6.07, 6.45) is 5.51. The van der Waals surface area contributed by atoms with E-state index in [4.69, 9.17) is 4.43 Å². The predicted molar refractivity (Wildman–Crippen MR) is 106 cm³/mol. The Kier molecular flexibility index (Phi) is 8.40.